The summed E-state index contributed by atoms with van der Waals surface area (Å²) in [7, 11) is 0. The molecule has 0 spiro atoms. The lowest BCUT2D eigenvalue weighted by molar-refractivity contribution is 0.667. The average molecular weight is 213 g/mol. The van der Waals surface area contributed by atoms with E-state index in [0.29, 0.717) is 5.52 Å². The van der Waals surface area contributed by atoms with Gasteiger partial charge in [0.2, 0.25) is 0 Å². The number of nitrogens with one attached hydrogen (secondary N) is 1. The maximum atomic E-state index is 11.8. The third-order valence-electron chi connectivity index (χ3n) is 2.77. The summed E-state index contributed by atoms with van der Waals surface area (Å²) in [4.78, 5) is 14.6. The Labute approximate surface area is 91.5 Å². The average Bonchev–Trinajstić information content (AvgIpc) is 2.74. The molecule has 0 fully saturated rings. The molecule has 1 aromatic carbocycles. The summed E-state index contributed by atoms with van der Waals surface area (Å²) in [5.74, 6) is 0. The minimum Gasteiger partial charge on any atom is -0.320 e. The van der Waals surface area contributed by atoms with Crippen LogP contribution in [0.25, 0.3) is 21.8 Å². The standard InChI is InChI=1S/C12H11N3O/c1-2-15-7-9-8-5-3-4-6-10(8)13-12(16)11(9)14-15/h3-7H,2H2,1H3,(H,13,16). The molecular formula is C12H11N3O. The largest absolute Gasteiger partial charge is 0.320 e. The van der Waals surface area contributed by atoms with Crippen LogP contribution in [0.4, 0.5) is 0 Å². The number of para-hydroxylation sites is 1. The van der Waals surface area contributed by atoms with Crippen LogP contribution >= 0.6 is 0 Å². The van der Waals surface area contributed by atoms with E-state index in [4.69, 9.17) is 0 Å². The summed E-state index contributed by atoms with van der Waals surface area (Å²) in [6.45, 7) is 2.77. The van der Waals surface area contributed by atoms with Crippen molar-refractivity contribution in [3.8, 4) is 0 Å². The zero-order valence-electron chi connectivity index (χ0n) is 8.90. The number of aromatic nitrogens is 3. The van der Waals surface area contributed by atoms with Gasteiger partial charge in [-0.15, -0.1) is 0 Å². The van der Waals surface area contributed by atoms with Gasteiger partial charge in [0.1, 0.15) is 0 Å². The molecule has 1 N–H and O–H groups in total. The molecule has 0 saturated heterocycles. The molecule has 4 nitrogen and oxygen atoms in total. The first kappa shape index (κ1) is 9.15. The summed E-state index contributed by atoms with van der Waals surface area (Å²) >= 11 is 0. The third-order valence-corrected chi connectivity index (χ3v) is 2.77. The molecule has 2 heterocycles. The van der Waals surface area contributed by atoms with Crippen LogP contribution in [-0.4, -0.2) is 14.8 Å². The number of hydrogen-bond acceptors (Lipinski definition) is 2. The van der Waals surface area contributed by atoms with Crippen molar-refractivity contribution in [1.29, 1.82) is 0 Å². The second kappa shape index (κ2) is 3.20. The van der Waals surface area contributed by atoms with Crippen LogP contribution in [0.5, 0.6) is 0 Å². The Kier molecular flexibility index (Phi) is 1.83. The SMILES string of the molecule is CCn1cc2c(n1)c(=O)[nH]c1ccccc12. The molecule has 4 heteroatoms. The highest BCUT2D eigenvalue weighted by atomic mass is 16.1. The van der Waals surface area contributed by atoms with Crippen LogP contribution in [0.15, 0.2) is 35.3 Å². The number of pyridine rings is 1. The number of benzene rings is 1. The Morgan fingerprint density at radius 2 is 2.12 bits per heavy atom. The Morgan fingerprint density at radius 3 is 2.94 bits per heavy atom. The van der Waals surface area contributed by atoms with Gasteiger partial charge in [-0.05, 0) is 13.0 Å². The van der Waals surface area contributed by atoms with Gasteiger partial charge in [0, 0.05) is 29.0 Å². The van der Waals surface area contributed by atoms with Crippen LogP contribution in [0.2, 0.25) is 0 Å². The number of hydrogen-bond donors (Lipinski definition) is 1. The summed E-state index contributed by atoms with van der Waals surface area (Å²) < 4.78 is 1.78. The fourth-order valence-electron chi connectivity index (χ4n) is 1.96. The molecule has 0 radical (unpaired) electrons. The van der Waals surface area contributed by atoms with Gasteiger partial charge >= 0.3 is 0 Å². The highest BCUT2D eigenvalue weighted by molar-refractivity contribution is 6.03. The van der Waals surface area contributed by atoms with Crippen molar-refractivity contribution >= 4 is 21.8 Å². The van der Waals surface area contributed by atoms with E-state index < -0.39 is 0 Å². The predicted octanol–water partition coefficient (Wildman–Crippen LogP) is 1.90. The minimum atomic E-state index is -0.124. The van der Waals surface area contributed by atoms with Crippen molar-refractivity contribution in [3.05, 3.63) is 40.8 Å². The molecule has 0 saturated carbocycles. The summed E-state index contributed by atoms with van der Waals surface area (Å²) in [5.41, 5.74) is 1.25. The number of nitrogens with zero attached hydrogens (tertiary/aromatic N) is 2. The second-order valence-electron chi connectivity index (χ2n) is 3.75. The monoisotopic (exact) mass is 213 g/mol. The molecule has 80 valence electrons. The molecule has 0 aliphatic heterocycles. The molecule has 0 bridgehead atoms. The Morgan fingerprint density at radius 1 is 1.31 bits per heavy atom. The topological polar surface area (TPSA) is 50.7 Å². The molecule has 0 unspecified atom stereocenters. The number of H-pyrrole nitrogens is 1. The van der Waals surface area contributed by atoms with E-state index in [1.165, 1.54) is 0 Å². The molecule has 3 aromatic rings. The van der Waals surface area contributed by atoms with Crippen molar-refractivity contribution in [1.82, 2.24) is 14.8 Å². The van der Waals surface area contributed by atoms with Crippen LogP contribution in [0.3, 0.4) is 0 Å². The fraction of sp³-hybridized carbons (Fsp3) is 0.167. The Balaban J connectivity index is 2.57. The van der Waals surface area contributed by atoms with Crippen LogP contribution < -0.4 is 5.56 Å². The van der Waals surface area contributed by atoms with Gasteiger partial charge in [0.15, 0.2) is 5.52 Å². The highest BCUT2D eigenvalue weighted by Crippen LogP contribution is 2.19. The molecule has 0 aliphatic carbocycles. The van der Waals surface area contributed by atoms with Gasteiger partial charge in [-0.25, -0.2) is 0 Å². The summed E-state index contributed by atoms with van der Waals surface area (Å²) in [6.07, 6.45) is 1.92. The van der Waals surface area contributed by atoms with Gasteiger partial charge in [-0.2, -0.15) is 5.10 Å². The molecular weight excluding hydrogens is 202 g/mol. The molecule has 0 aliphatic rings. The first-order valence-corrected chi connectivity index (χ1v) is 5.28. The van der Waals surface area contributed by atoms with Crippen molar-refractivity contribution < 1.29 is 0 Å². The van der Waals surface area contributed by atoms with Gasteiger partial charge in [-0.1, -0.05) is 18.2 Å². The van der Waals surface area contributed by atoms with E-state index in [1.807, 2.05) is 37.4 Å². The molecule has 2 aromatic heterocycles. The third kappa shape index (κ3) is 1.16. The smallest absolute Gasteiger partial charge is 0.276 e. The maximum absolute atomic E-state index is 11.8. The fourth-order valence-corrected chi connectivity index (χ4v) is 1.96. The van der Waals surface area contributed by atoms with Gasteiger partial charge in [-0.3, -0.25) is 9.48 Å². The number of aromatic amines is 1. The zero-order chi connectivity index (χ0) is 11.1. The maximum Gasteiger partial charge on any atom is 0.276 e. The van der Waals surface area contributed by atoms with Crippen molar-refractivity contribution in [2.45, 2.75) is 13.5 Å². The highest BCUT2D eigenvalue weighted by Gasteiger charge is 2.08. The number of aryl methyl sites for hydroxylation is 1. The van der Waals surface area contributed by atoms with E-state index in [1.54, 1.807) is 4.68 Å². The Bertz CT molecular complexity index is 724. The van der Waals surface area contributed by atoms with Crippen LogP contribution in [0, 0.1) is 0 Å². The van der Waals surface area contributed by atoms with Crippen molar-refractivity contribution in [2.75, 3.05) is 0 Å². The lowest BCUT2D eigenvalue weighted by Gasteiger charge is -1.96. The molecule has 3 rings (SSSR count). The summed E-state index contributed by atoms with van der Waals surface area (Å²) in [5, 5.41) is 6.21. The van der Waals surface area contributed by atoms with Gasteiger partial charge < -0.3 is 4.98 Å². The minimum absolute atomic E-state index is 0.124. The first-order valence-electron chi connectivity index (χ1n) is 5.28. The number of fused-ring (bicyclic) bond motifs is 3. The second-order valence-corrected chi connectivity index (χ2v) is 3.75. The predicted molar refractivity (Wildman–Crippen MR) is 63.5 cm³/mol. The van der Waals surface area contributed by atoms with Crippen molar-refractivity contribution in [3.63, 3.8) is 0 Å². The van der Waals surface area contributed by atoms with Crippen LogP contribution in [0.1, 0.15) is 6.92 Å². The lowest BCUT2D eigenvalue weighted by atomic mass is 10.1. The zero-order valence-corrected chi connectivity index (χ0v) is 8.90. The van der Waals surface area contributed by atoms with Crippen LogP contribution in [-0.2, 0) is 6.54 Å². The van der Waals surface area contributed by atoms with Crippen molar-refractivity contribution in [2.24, 2.45) is 0 Å². The lowest BCUT2D eigenvalue weighted by Crippen LogP contribution is -2.06. The quantitative estimate of drug-likeness (QED) is 0.671. The Hall–Kier alpha value is -2.10. The van der Waals surface area contributed by atoms with Gasteiger partial charge in [0.05, 0.1) is 0 Å². The van der Waals surface area contributed by atoms with E-state index in [2.05, 4.69) is 10.1 Å². The van der Waals surface area contributed by atoms with E-state index in [0.717, 1.165) is 22.8 Å². The summed E-state index contributed by atoms with van der Waals surface area (Å²) in [6, 6.07) is 7.77. The number of rotatable bonds is 1. The first-order chi connectivity index (χ1) is 7.79. The normalized spacial score (nSPS) is 11.3. The molecule has 0 atom stereocenters. The molecule has 16 heavy (non-hydrogen) atoms. The van der Waals surface area contributed by atoms with Gasteiger partial charge in [0.25, 0.3) is 5.56 Å². The van der Waals surface area contributed by atoms with E-state index >= 15 is 0 Å². The molecule has 0 amide bonds. The van der Waals surface area contributed by atoms with E-state index in [9.17, 15) is 4.79 Å². The van der Waals surface area contributed by atoms with E-state index in [-0.39, 0.29) is 5.56 Å².